The molecule has 22 heavy (non-hydrogen) atoms. The first-order valence-corrected chi connectivity index (χ1v) is 6.92. The highest BCUT2D eigenvalue weighted by Crippen LogP contribution is 2.17. The summed E-state index contributed by atoms with van der Waals surface area (Å²) in [7, 11) is 0. The Bertz CT molecular complexity index is 637. The van der Waals surface area contributed by atoms with Gasteiger partial charge in [-0.15, -0.1) is 0 Å². The van der Waals surface area contributed by atoms with Crippen LogP contribution in [0.4, 0.5) is 5.69 Å². The fourth-order valence-corrected chi connectivity index (χ4v) is 1.85. The molecular weight excluding hydrogens is 282 g/mol. The predicted molar refractivity (Wildman–Crippen MR) is 83.6 cm³/mol. The van der Waals surface area contributed by atoms with Crippen molar-refractivity contribution in [2.24, 2.45) is 0 Å². The zero-order valence-corrected chi connectivity index (χ0v) is 12.2. The van der Waals surface area contributed by atoms with Crippen molar-refractivity contribution in [1.82, 2.24) is 0 Å². The molecule has 0 aliphatic carbocycles. The first-order valence-electron chi connectivity index (χ1n) is 6.92. The maximum absolute atomic E-state index is 11.8. The van der Waals surface area contributed by atoms with Crippen molar-refractivity contribution >= 4 is 17.9 Å². The third-order valence-corrected chi connectivity index (χ3v) is 2.85. The van der Waals surface area contributed by atoms with Crippen LogP contribution in [0.3, 0.4) is 0 Å². The van der Waals surface area contributed by atoms with E-state index in [1.807, 2.05) is 6.92 Å². The summed E-state index contributed by atoms with van der Waals surface area (Å²) >= 11 is 0. The van der Waals surface area contributed by atoms with Crippen LogP contribution >= 0.6 is 0 Å². The summed E-state index contributed by atoms with van der Waals surface area (Å²) in [5.74, 6) is 0.834. The monoisotopic (exact) mass is 299 g/mol. The number of hydrogen-bond acceptors (Lipinski definition) is 4. The van der Waals surface area contributed by atoms with E-state index in [9.17, 15) is 9.59 Å². The van der Waals surface area contributed by atoms with Crippen molar-refractivity contribution in [3.63, 3.8) is 0 Å². The molecule has 0 aliphatic rings. The minimum atomic E-state index is -0.301. The first kappa shape index (κ1) is 15.6. The van der Waals surface area contributed by atoms with Crippen molar-refractivity contribution in [3.8, 4) is 11.5 Å². The summed E-state index contributed by atoms with van der Waals surface area (Å²) in [6.07, 6.45) is 0.694. The number of nitrogens with one attached hydrogen (secondary N) is 1. The highest BCUT2D eigenvalue weighted by Gasteiger charge is 2.06. The lowest BCUT2D eigenvalue weighted by Gasteiger charge is -2.09. The molecule has 2 rings (SSSR count). The lowest BCUT2D eigenvalue weighted by molar-refractivity contribution is -0.118. The van der Waals surface area contributed by atoms with Crippen LogP contribution in [0.15, 0.2) is 48.5 Å². The second-order valence-electron chi connectivity index (χ2n) is 4.45. The van der Waals surface area contributed by atoms with Gasteiger partial charge in [-0.25, -0.2) is 0 Å². The van der Waals surface area contributed by atoms with E-state index in [4.69, 9.17) is 9.47 Å². The minimum Gasteiger partial charge on any atom is -0.494 e. The van der Waals surface area contributed by atoms with Gasteiger partial charge >= 0.3 is 0 Å². The molecule has 0 aliphatic heterocycles. The zero-order chi connectivity index (χ0) is 15.8. The Hall–Kier alpha value is -2.82. The SMILES string of the molecule is CCOc1ccc(NC(=O)COc2ccccc2C=O)cc1. The molecule has 0 saturated heterocycles. The summed E-state index contributed by atoms with van der Waals surface area (Å²) in [6, 6.07) is 13.8. The number of rotatable bonds is 7. The quantitative estimate of drug-likeness (QED) is 0.798. The van der Waals surface area contributed by atoms with Crippen molar-refractivity contribution in [1.29, 1.82) is 0 Å². The van der Waals surface area contributed by atoms with Gasteiger partial charge in [-0.2, -0.15) is 0 Å². The van der Waals surface area contributed by atoms with E-state index >= 15 is 0 Å². The molecule has 0 saturated carbocycles. The number of ether oxygens (including phenoxy) is 2. The Labute approximate surface area is 128 Å². The number of amides is 1. The van der Waals surface area contributed by atoms with Crippen molar-refractivity contribution in [2.45, 2.75) is 6.92 Å². The normalized spacial score (nSPS) is 9.86. The second kappa shape index (κ2) is 7.83. The highest BCUT2D eigenvalue weighted by atomic mass is 16.5. The fraction of sp³-hybridized carbons (Fsp3) is 0.176. The average molecular weight is 299 g/mol. The van der Waals surface area contributed by atoms with Gasteiger partial charge in [0.05, 0.1) is 12.2 Å². The standard InChI is InChI=1S/C17H17NO4/c1-2-21-15-9-7-14(8-10-15)18-17(20)12-22-16-6-4-3-5-13(16)11-19/h3-11H,2,12H2,1H3,(H,18,20). The van der Waals surface area contributed by atoms with Crippen LogP contribution in [0.2, 0.25) is 0 Å². The Morgan fingerprint density at radius 3 is 2.50 bits per heavy atom. The lowest BCUT2D eigenvalue weighted by atomic mass is 10.2. The highest BCUT2D eigenvalue weighted by molar-refractivity contribution is 5.92. The number of hydrogen-bond donors (Lipinski definition) is 1. The number of benzene rings is 2. The third-order valence-electron chi connectivity index (χ3n) is 2.85. The smallest absolute Gasteiger partial charge is 0.262 e. The molecule has 2 aromatic carbocycles. The molecule has 2 aromatic rings. The van der Waals surface area contributed by atoms with Gasteiger partial charge in [-0.1, -0.05) is 12.1 Å². The molecule has 5 nitrogen and oxygen atoms in total. The molecule has 5 heteroatoms. The van der Waals surface area contributed by atoms with Gasteiger partial charge in [0.2, 0.25) is 0 Å². The van der Waals surface area contributed by atoms with Crippen LogP contribution < -0.4 is 14.8 Å². The first-order chi connectivity index (χ1) is 10.7. The summed E-state index contributed by atoms with van der Waals surface area (Å²) < 4.78 is 10.7. The van der Waals surface area contributed by atoms with E-state index in [1.54, 1.807) is 48.5 Å². The maximum Gasteiger partial charge on any atom is 0.262 e. The number of para-hydroxylation sites is 1. The molecule has 114 valence electrons. The Morgan fingerprint density at radius 2 is 1.82 bits per heavy atom. The maximum atomic E-state index is 11.8. The average Bonchev–Trinajstić information content (AvgIpc) is 2.55. The molecule has 0 fully saturated rings. The molecule has 0 unspecified atom stereocenters. The third kappa shape index (κ3) is 4.34. The van der Waals surface area contributed by atoms with Gasteiger partial charge in [-0.3, -0.25) is 9.59 Å². The van der Waals surface area contributed by atoms with Gasteiger partial charge in [0.25, 0.3) is 5.91 Å². The summed E-state index contributed by atoms with van der Waals surface area (Å²) in [5.41, 5.74) is 1.07. The van der Waals surface area contributed by atoms with Gasteiger partial charge in [0.15, 0.2) is 12.9 Å². The predicted octanol–water partition coefficient (Wildman–Crippen LogP) is 2.92. The second-order valence-corrected chi connectivity index (χ2v) is 4.45. The molecule has 0 spiro atoms. The Morgan fingerprint density at radius 1 is 1.09 bits per heavy atom. The van der Waals surface area contributed by atoms with Crippen LogP contribution in [0, 0.1) is 0 Å². The van der Waals surface area contributed by atoms with E-state index in [1.165, 1.54) is 0 Å². The summed E-state index contributed by atoms with van der Waals surface area (Å²) in [4.78, 5) is 22.7. The van der Waals surface area contributed by atoms with E-state index in [-0.39, 0.29) is 12.5 Å². The summed E-state index contributed by atoms with van der Waals surface area (Å²) in [6.45, 7) is 2.33. The zero-order valence-electron chi connectivity index (χ0n) is 12.2. The molecule has 1 N–H and O–H groups in total. The van der Waals surface area contributed by atoms with Crippen molar-refractivity contribution < 1.29 is 19.1 Å². The number of anilines is 1. The topological polar surface area (TPSA) is 64.6 Å². The van der Waals surface area contributed by atoms with Gasteiger partial charge < -0.3 is 14.8 Å². The Balaban J connectivity index is 1.88. The molecule has 0 aromatic heterocycles. The van der Waals surface area contributed by atoms with E-state index in [2.05, 4.69) is 5.32 Å². The largest absolute Gasteiger partial charge is 0.494 e. The van der Waals surface area contributed by atoms with E-state index < -0.39 is 0 Å². The van der Waals surface area contributed by atoms with Gasteiger partial charge in [0.1, 0.15) is 11.5 Å². The molecule has 0 bridgehead atoms. The number of aldehydes is 1. The fourth-order valence-electron chi connectivity index (χ4n) is 1.85. The van der Waals surface area contributed by atoms with Crippen molar-refractivity contribution in [3.05, 3.63) is 54.1 Å². The number of carbonyl (C=O) groups excluding carboxylic acids is 2. The van der Waals surface area contributed by atoms with Crippen LogP contribution in [-0.4, -0.2) is 25.4 Å². The van der Waals surface area contributed by atoms with Crippen LogP contribution in [0.25, 0.3) is 0 Å². The lowest BCUT2D eigenvalue weighted by Crippen LogP contribution is -2.20. The molecule has 0 heterocycles. The van der Waals surface area contributed by atoms with Gasteiger partial charge in [-0.05, 0) is 43.3 Å². The van der Waals surface area contributed by atoms with E-state index in [0.29, 0.717) is 29.9 Å². The molecule has 1 amide bonds. The number of carbonyl (C=O) groups is 2. The van der Waals surface area contributed by atoms with E-state index in [0.717, 1.165) is 5.75 Å². The van der Waals surface area contributed by atoms with Crippen molar-refractivity contribution in [2.75, 3.05) is 18.5 Å². The minimum absolute atomic E-state index is 0.169. The molecule has 0 radical (unpaired) electrons. The van der Waals surface area contributed by atoms with Crippen LogP contribution in [-0.2, 0) is 4.79 Å². The molecule has 0 atom stereocenters. The van der Waals surface area contributed by atoms with Crippen LogP contribution in [0.5, 0.6) is 11.5 Å². The Kier molecular flexibility index (Phi) is 5.54. The van der Waals surface area contributed by atoms with Crippen LogP contribution in [0.1, 0.15) is 17.3 Å². The summed E-state index contributed by atoms with van der Waals surface area (Å²) in [5, 5.41) is 2.71. The van der Waals surface area contributed by atoms with Gasteiger partial charge in [0, 0.05) is 5.69 Å². The molecular formula is C17H17NO4.